The van der Waals surface area contributed by atoms with Crippen molar-refractivity contribution < 1.29 is 23.8 Å². The lowest BCUT2D eigenvalue weighted by molar-refractivity contribution is -0.127. The number of H-pyrrole nitrogens is 1. The molecule has 0 aliphatic rings. The van der Waals surface area contributed by atoms with Crippen molar-refractivity contribution in [3.05, 3.63) is 107 Å². The molecule has 2 amide bonds. The summed E-state index contributed by atoms with van der Waals surface area (Å²) in [5.74, 6) is 2.28. The number of para-hydroxylation sites is 1. The third-order valence-corrected chi connectivity index (χ3v) is 8.26. The molecule has 3 N–H and O–H groups in total. The van der Waals surface area contributed by atoms with Gasteiger partial charge in [0.05, 0.1) is 26.8 Å². The Labute approximate surface area is 287 Å². The summed E-state index contributed by atoms with van der Waals surface area (Å²) < 4.78 is 18.7. The van der Waals surface area contributed by atoms with E-state index in [2.05, 4.69) is 37.4 Å². The van der Waals surface area contributed by atoms with Crippen LogP contribution in [0, 0.1) is 0 Å². The predicted molar refractivity (Wildman–Crippen MR) is 189 cm³/mol. The molecule has 0 saturated heterocycles. The number of amides is 2. The minimum Gasteiger partial charge on any atom is -0.497 e. The molecular formula is C38H46N6O5. The SMILES string of the molecule is COc1ccc(Cn2c(CCc3ccccc3)nnc2[C@@H](Cc2c[nH]c3ccccc23)NC(=O)C(C)(C)NC(=O)OC(C)(C)C)c(OC)c1. The number of nitrogens with zero attached hydrogens (tertiary/aromatic N) is 3. The topological polar surface area (TPSA) is 132 Å². The van der Waals surface area contributed by atoms with Gasteiger partial charge in [0.1, 0.15) is 28.5 Å². The van der Waals surface area contributed by atoms with Crippen LogP contribution in [-0.4, -0.2) is 57.1 Å². The van der Waals surface area contributed by atoms with Crippen LogP contribution in [0.2, 0.25) is 0 Å². The molecule has 0 spiro atoms. The number of carbonyl (C=O) groups is 2. The average molecular weight is 667 g/mol. The number of nitrogens with one attached hydrogen (secondary N) is 3. The van der Waals surface area contributed by atoms with E-state index in [0.717, 1.165) is 34.3 Å². The van der Waals surface area contributed by atoms with Gasteiger partial charge in [-0.25, -0.2) is 4.79 Å². The van der Waals surface area contributed by atoms with E-state index >= 15 is 0 Å². The molecule has 0 aliphatic heterocycles. The summed E-state index contributed by atoms with van der Waals surface area (Å²) >= 11 is 0. The van der Waals surface area contributed by atoms with E-state index in [-0.39, 0.29) is 0 Å². The fourth-order valence-electron chi connectivity index (χ4n) is 5.70. The largest absolute Gasteiger partial charge is 0.497 e. The van der Waals surface area contributed by atoms with Gasteiger partial charge in [0.2, 0.25) is 5.91 Å². The van der Waals surface area contributed by atoms with Gasteiger partial charge in [-0.15, -0.1) is 10.2 Å². The molecule has 0 radical (unpaired) electrons. The van der Waals surface area contributed by atoms with Gasteiger partial charge in [-0.2, -0.15) is 0 Å². The summed E-state index contributed by atoms with van der Waals surface area (Å²) in [6, 6.07) is 23.3. The minimum atomic E-state index is -1.30. The number of benzene rings is 3. The number of alkyl carbamates (subject to hydrolysis) is 1. The summed E-state index contributed by atoms with van der Waals surface area (Å²) in [5, 5.41) is 16.4. The second-order valence-corrected chi connectivity index (χ2v) is 13.6. The van der Waals surface area contributed by atoms with Crippen molar-refractivity contribution >= 4 is 22.9 Å². The van der Waals surface area contributed by atoms with Crippen molar-refractivity contribution in [1.82, 2.24) is 30.4 Å². The zero-order valence-electron chi connectivity index (χ0n) is 29.3. The predicted octanol–water partition coefficient (Wildman–Crippen LogP) is 6.31. The molecule has 11 heteroatoms. The van der Waals surface area contributed by atoms with Gasteiger partial charge in [0.15, 0.2) is 5.82 Å². The van der Waals surface area contributed by atoms with E-state index in [9.17, 15) is 9.59 Å². The van der Waals surface area contributed by atoms with Crippen LogP contribution in [0.25, 0.3) is 10.9 Å². The van der Waals surface area contributed by atoms with Crippen molar-refractivity contribution in [2.75, 3.05) is 14.2 Å². The number of carbonyl (C=O) groups excluding carboxylic acids is 2. The normalized spacial score (nSPS) is 12.4. The monoisotopic (exact) mass is 666 g/mol. The molecule has 258 valence electrons. The molecule has 5 aromatic rings. The second kappa shape index (κ2) is 14.8. The van der Waals surface area contributed by atoms with Crippen LogP contribution >= 0.6 is 0 Å². The summed E-state index contributed by atoms with van der Waals surface area (Å²) in [7, 11) is 3.24. The van der Waals surface area contributed by atoms with Gasteiger partial charge in [-0.05, 0) is 70.4 Å². The molecule has 2 heterocycles. The molecular weight excluding hydrogens is 620 g/mol. The number of aryl methyl sites for hydroxylation is 2. The van der Waals surface area contributed by atoms with Gasteiger partial charge in [-0.3, -0.25) is 4.79 Å². The molecule has 0 unspecified atom stereocenters. The lowest BCUT2D eigenvalue weighted by Crippen LogP contribution is -2.56. The highest BCUT2D eigenvalue weighted by molar-refractivity contribution is 5.89. The highest BCUT2D eigenvalue weighted by Gasteiger charge is 2.35. The van der Waals surface area contributed by atoms with Crippen molar-refractivity contribution in [2.45, 2.75) is 77.6 Å². The van der Waals surface area contributed by atoms with Gasteiger partial charge >= 0.3 is 6.09 Å². The van der Waals surface area contributed by atoms with Crippen LogP contribution in [-0.2, 0) is 35.3 Å². The third kappa shape index (κ3) is 8.78. The van der Waals surface area contributed by atoms with E-state index in [1.165, 1.54) is 5.56 Å². The van der Waals surface area contributed by atoms with Crippen molar-refractivity contribution in [3.63, 3.8) is 0 Å². The molecule has 1 atom stereocenters. The quantitative estimate of drug-likeness (QED) is 0.134. The summed E-state index contributed by atoms with van der Waals surface area (Å²) in [6.45, 7) is 9.00. The number of hydrogen-bond acceptors (Lipinski definition) is 7. The van der Waals surface area contributed by atoms with Crippen LogP contribution in [0.5, 0.6) is 11.5 Å². The Morgan fingerprint density at radius 2 is 1.61 bits per heavy atom. The molecule has 0 aliphatic carbocycles. The Hall–Kier alpha value is -5.32. The Morgan fingerprint density at radius 1 is 0.878 bits per heavy atom. The molecule has 0 fully saturated rings. The molecule has 0 saturated carbocycles. The van der Waals surface area contributed by atoms with E-state index in [1.54, 1.807) is 48.8 Å². The third-order valence-electron chi connectivity index (χ3n) is 8.26. The lowest BCUT2D eigenvalue weighted by Gasteiger charge is -2.30. The van der Waals surface area contributed by atoms with Crippen LogP contribution in [0.15, 0.2) is 79.0 Å². The fraction of sp³-hybridized carbons (Fsp3) is 0.368. The van der Waals surface area contributed by atoms with Crippen molar-refractivity contribution in [2.24, 2.45) is 0 Å². The van der Waals surface area contributed by atoms with Crippen LogP contribution in [0.1, 0.15) is 69.0 Å². The Bertz CT molecular complexity index is 1890. The zero-order chi connectivity index (χ0) is 35.2. The maximum absolute atomic E-state index is 14.0. The summed E-state index contributed by atoms with van der Waals surface area (Å²) in [4.78, 5) is 30.1. The number of aromatic nitrogens is 4. The first-order valence-corrected chi connectivity index (χ1v) is 16.4. The van der Waals surface area contributed by atoms with E-state index in [4.69, 9.17) is 19.3 Å². The molecule has 3 aromatic carbocycles. The van der Waals surface area contributed by atoms with Gasteiger partial charge in [0, 0.05) is 41.6 Å². The number of rotatable bonds is 13. The molecule has 5 rings (SSSR count). The molecule has 11 nitrogen and oxygen atoms in total. The van der Waals surface area contributed by atoms with Gasteiger partial charge in [-0.1, -0.05) is 48.5 Å². The van der Waals surface area contributed by atoms with E-state index < -0.39 is 29.2 Å². The second-order valence-electron chi connectivity index (χ2n) is 13.6. The first-order valence-electron chi connectivity index (χ1n) is 16.4. The van der Waals surface area contributed by atoms with E-state index in [1.807, 2.05) is 66.9 Å². The summed E-state index contributed by atoms with van der Waals surface area (Å²) in [5.41, 5.74) is 2.04. The van der Waals surface area contributed by atoms with E-state index in [0.29, 0.717) is 36.7 Å². The summed E-state index contributed by atoms with van der Waals surface area (Å²) in [6.07, 6.45) is 3.06. The first kappa shape index (κ1) is 35.0. The fourth-order valence-corrected chi connectivity index (χ4v) is 5.70. The van der Waals surface area contributed by atoms with Gasteiger partial charge in [0.25, 0.3) is 0 Å². The maximum atomic E-state index is 14.0. The number of methoxy groups -OCH3 is 2. The lowest BCUT2D eigenvalue weighted by atomic mass is 10.0. The number of ether oxygens (including phenoxy) is 3. The Balaban J connectivity index is 1.55. The van der Waals surface area contributed by atoms with Crippen LogP contribution < -0.4 is 20.1 Å². The molecule has 2 aromatic heterocycles. The highest BCUT2D eigenvalue weighted by Crippen LogP contribution is 2.29. The van der Waals surface area contributed by atoms with Crippen LogP contribution in [0.3, 0.4) is 0 Å². The zero-order valence-corrected chi connectivity index (χ0v) is 29.3. The molecule has 49 heavy (non-hydrogen) atoms. The highest BCUT2D eigenvalue weighted by atomic mass is 16.6. The Kier molecular flexibility index (Phi) is 10.6. The van der Waals surface area contributed by atoms with Gasteiger partial charge < -0.3 is 34.4 Å². The van der Waals surface area contributed by atoms with Crippen LogP contribution in [0.4, 0.5) is 4.79 Å². The molecule has 0 bridgehead atoms. The Morgan fingerprint density at radius 3 is 2.33 bits per heavy atom. The number of hydrogen-bond donors (Lipinski definition) is 3. The van der Waals surface area contributed by atoms with Crippen molar-refractivity contribution in [1.29, 1.82) is 0 Å². The van der Waals surface area contributed by atoms with Crippen molar-refractivity contribution in [3.8, 4) is 11.5 Å². The number of aromatic amines is 1. The standard InChI is InChI=1S/C38H46N6O5/c1-37(2,3)49-36(46)41-38(4,5)35(45)40-31(21-27-23-39-30-16-12-11-15-29(27)30)34-43-42-33(20-17-25-13-9-8-10-14-25)44(34)24-26-18-19-28(47-6)22-32(26)48-7/h8-16,18-19,22-23,31,39H,17,20-21,24H2,1-7H3,(H,40,45)(H,41,46)/t31-/m1/s1. The number of fused-ring (bicyclic) bond motifs is 1. The first-order chi connectivity index (χ1) is 23.4. The minimum absolute atomic E-state index is 0.388. The average Bonchev–Trinajstić information content (AvgIpc) is 3.66. The smallest absolute Gasteiger partial charge is 0.408 e. The maximum Gasteiger partial charge on any atom is 0.408 e.